The van der Waals surface area contributed by atoms with Gasteiger partial charge in [0.15, 0.2) is 0 Å². The van der Waals surface area contributed by atoms with E-state index in [-0.39, 0.29) is 44.6 Å². The van der Waals surface area contributed by atoms with Crippen LogP contribution in [0.15, 0.2) is 140 Å². The first-order valence-electron chi connectivity index (χ1n) is 29.2. The molecule has 0 N–H and O–H groups in total. The molecule has 1 fully saturated rings. The van der Waals surface area contributed by atoms with Gasteiger partial charge in [-0.05, 0) is 218 Å². The molecule has 0 saturated heterocycles. The Hall–Kier alpha value is -6.04. The minimum atomic E-state index is 0.0127. The Bertz CT molecular complexity index is 3690. The van der Waals surface area contributed by atoms with Gasteiger partial charge in [-0.3, -0.25) is 0 Å². The molecule has 2 bridgehead atoms. The van der Waals surface area contributed by atoms with Gasteiger partial charge in [-0.15, -0.1) is 11.3 Å². The molecule has 0 spiro atoms. The molecule has 7 aromatic carbocycles. The van der Waals surface area contributed by atoms with Crippen molar-refractivity contribution in [1.29, 1.82) is 0 Å². The van der Waals surface area contributed by atoms with Crippen molar-refractivity contribution in [2.45, 2.75) is 179 Å². The average Bonchev–Trinajstić information content (AvgIpc) is 4.06. The number of para-hydroxylation sites is 2. The van der Waals surface area contributed by atoms with Crippen molar-refractivity contribution in [2.24, 2.45) is 0 Å². The van der Waals surface area contributed by atoms with Gasteiger partial charge in [0.1, 0.15) is 0 Å². The summed E-state index contributed by atoms with van der Waals surface area (Å²) in [6.45, 7) is 32.1. The molecule has 5 aliphatic carbocycles. The van der Waals surface area contributed by atoms with E-state index in [1.165, 1.54) is 133 Å². The summed E-state index contributed by atoms with van der Waals surface area (Å²) in [5, 5.41) is 1.41. The van der Waals surface area contributed by atoms with Gasteiger partial charge in [-0.2, -0.15) is 0 Å². The molecule has 390 valence electrons. The Balaban J connectivity index is 1.15. The zero-order valence-electron chi connectivity index (χ0n) is 48.3. The third-order valence-electron chi connectivity index (χ3n) is 20.9. The molecule has 0 unspecified atom stereocenters. The highest BCUT2D eigenvalue weighted by atomic mass is 32.1. The van der Waals surface area contributed by atoms with E-state index in [4.69, 9.17) is 0 Å². The number of fused-ring (bicyclic) bond motifs is 10. The van der Waals surface area contributed by atoms with E-state index in [1.54, 1.807) is 11.1 Å². The van der Waals surface area contributed by atoms with Crippen LogP contribution in [0, 0.1) is 0 Å². The number of anilines is 9. The summed E-state index contributed by atoms with van der Waals surface area (Å²) in [5.41, 5.74) is 25.1. The van der Waals surface area contributed by atoms with Crippen molar-refractivity contribution in [1.82, 2.24) is 0 Å². The van der Waals surface area contributed by atoms with Gasteiger partial charge in [-0.25, -0.2) is 0 Å². The quantitative estimate of drug-likeness (QED) is 0.159. The van der Waals surface area contributed by atoms with Crippen LogP contribution in [0.5, 0.6) is 0 Å². The molecule has 15 rings (SSSR count). The monoisotopic (exact) mass is 1030 g/mol. The first kappa shape index (κ1) is 49.3. The number of benzene rings is 7. The van der Waals surface area contributed by atoms with Crippen molar-refractivity contribution < 1.29 is 0 Å². The second kappa shape index (κ2) is 16.3. The Morgan fingerprint density at radius 3 is 1.49 bits per heavy atom. The van der Waals surface area contributed by atoms with Gasteiger partial charge in [0.05, 0.1) is 11.4 Å². The van der Waals surface area contributed by atoms with Crippen molar-refractivity contribution in [3.8, 4) is 0 Å². The Morgan fingerprint density at radius 2 is 0.935 bits per heavy atom. The molecule has 0 atom stereocenters. The normalized spacial score (nSPS) is 22.6. The summed E-state index contributed by atoms with van der Waals surface area (Å²) in [4.78, 5) is 7.99. The van der Waals surface area contributed by atoms with Gasteiger partial charge in [0.2, 0.25) is 0 Å². The lowest BCUT2D eigenvalue weighted by Crippen LogP contribution is -2.61. The van der Waals surface area contributed by atoms with Crippen LogP contribution in [0.2, 0.25) is 0 Å². The summed E-state index contributed by atoms with van der Waals surface area (Å²) in [6.07, 6.45) is 9.76. The third kappa shape index (κ3) is 7.26. The van der Waals surface area contributed by atoms with Crippen molar-refractivity contribution in [3.63, 3.8) is 0 Å². The fraction of sp³-hybridized carbons (Fsp3) is 0.389. The zero-order valence-corrected chi connectivity index (χ0v) is 49.1. The molecular formula is C72H78BN3S. The molecule has 8 aromatic rings. The molecule has 2 aliphatic heterocycles. The van der Waals surface area contributed by atoms with E-state index in [0.29, 0.717) is 0 Å². The Morgan fingerprint density at radius 1 is 0.442 bits per heavy atom. The molecule has 77 heavy (non-hydrogen) atoms. The average molecular weight is 1030 g/mol. The SMILES string of the molecule is CC(C)(C)c1ccc(N2c3cc(N(c4ccccc4)c4ccccc4)cc4c3B(c3cc5c(cc3N4c3ccc4c(c3)C(C)(C)CCC4(C)C)C(C)(C)CCC5(C)C)c3sc4cc5c(cc4c32)C2(C)CCC5(C)CC2)cc1. The van der Waals surface area contributed by atoms with Crippen molar-refractivity contribution >= 4 is 95.0 Å². The fourth-order valence-electron chi connectivity index (χ4n) is 15.6. The van der Waals surface area contributed by atoms with Crippen LogP contribution < -0.4 is 30.4 Å². The first-order chi connectivity index (χ1) is 36.5. The molecule has 3 nitrogen and oxygen atoms in total. The standard InChI is InChI=1S/C72H78BN3S/c1-66(2,3)45-24-26-48(27-25-45)76-61-40-50(74(46-20-16-14-17-21-46)47-22-18-15-19-23-47)39-60-63(61)73(65-64(76)51-41-56-57(44-62(51)77-65)72(13)36-34-71(56,12)35-37-72)58-42-54-55(70(10,11)33-32-69(54,8)9)43-59(58)75(60)49-28-29-52-53(38-49)68(6,7)31-30-67(52,4)5/h14-29,38-44H,30-37H2,1-13H3. The highest BCUT2D eigenvalue weighted by Crippen LogP contribution is 2.60. The van der Waals surface area contributed by atoms with Gasteiger partial charge >= 0.3 is 0 Å². The van der Waals surface area contributed by atoms with Crippen LogP contribution >= 0.6 is 11.3 Å². The predicted molar refractivity (Wildman–Crippen MR) is 333 cm³/mol. The van der Waals surface area contributed by atoms with E-state index in [2.05, 4.69) is 256 Å². The molecule has 5 heteroatoms. The first-order valence-corrected chi connectivity index (χ1v) is 30.0. The zero-order chi connectivity index (χ0) is 53.6. The van der Waals surface area contributed by atoms with Crippen LogP contribution in [0.25, 0.3) is 10.1 Å². The van der Waals surface area contributed by atoms with E-state index < -0.39 is 0 Å². The molecule has 3 heterocycles. The van der Waals surface area contributed by atoms with Gasteiger partial charge < -0.3 is 14.7 Å². The third-order valence-corrected chi connectivity index (χ3v) is 22.1. The Kier molecular flexibility index (Phi) is 10.4. The highest BCUT2D eigenvalue weighted by Gasteiger charge is 2.51. The van der Waals surface area contributed by atoms with Crippen molar-refractivity contribution in [2.75, 3.05) is 14.7 Å². The number of rotatable bonds is 5. The lowest BCUT2D eigenvalue weighted by molar-refractivity contribution is 0.188. The fourth-order valence-corrected chi connectivity index (χ4v) is 16.9. The predicted octanol–water partition coefficient (Wildman–Crippen LogP) is 18.6. The highest BCUT2D eigenvalue weighted by molar-refractivity contribution is 7.33. The van der Waals surface area contributed by atoms with E-state index in [0.717, 1.165) is 23.5 Å². The van der Waals surface area contributed by atoms with Crippen LogP contribution in [0.4, 0.5) is 51.2 Å². The van der Waals surface area contributed by atoms with Gasteiger partial charge in [0, 0.05) is 54.7 Å². The minimum absolute atomic E-state index is 0.0127. The topological polar surface area (TPSA) is 9.72 Å². The van der Waals surface area contributed by atoms with E-state index in [1.807, 2.05) is 0 Å². The van der Waals surface area contributed by atoms with E-state index >= 15 is 0 Å². The second-order valence-electron chi connectivity index (χ2n) is 28.9. The van der Waals surface area contributed by atoms with Crippen LogP contribution in [-0.4, -0.2) is 6.71 Å². The maximum atomic E-state index is 2.75. The molecular weight excluding hydrogens is 950 g/mol. The number of thiophene rings is 1. The summed E-state index contributed by atoms with van der Waals surface area (Å²) >= 11 is 2.09. The molecule has 7 aliphatic rings. The molecule has 0 radical (unpaired) electrons. The maximum Gasteiger partial charge on any atom is 0.264 e. The minimum Gasteiger partial charge on any atom is -0.311 e. The maximum absolute atomic E-state index is 2.75. The summed E-state index contributed by atoms with van der Waals surface area (Å²) < 4.78 is 2.89. The lowest BCUT2D eigenvalue weighted by atomic mass is 9.35. The summed E-state index contributed by atoms with van der Waals surface area (Å²) in [7, 11) is 0. The summed E-state index contributed by atoms with van der Waals surface area (Å²) in [5.74, 6) is 0. The largest absolute Gasteiger partial charge is 0.311 e. The lowest BCUT2D eigenvalue weighted by Gasteiger charge is -2.52. The summed E-state index contributed by atoms with van der Waals surface area (Å²) in [6, 6.07) is 55.5. The number of hydrogen-bond donors (Lipinski definition) is 0. The van der Waals surface area contributed by atoms with Crippen LogP contribution in [-0.2, 0) is 37.9 Å². The van der Waals surface area contributed by atoms with Gasteiger partial charge in [-0.1, -0.05) is 151 Å². The van der Waals surface area contributed by atoms with Gasteiger partial charge in [0.25, 0.3) is 6.71 Å². The van der Waals surface area contributed by atoms with Crippen LogP contribution in [0.1, 0.15) is 180 Å². The van der Waals surface area contributed by atoms with Crippen molar-refractivity contribution in [3.05, 3.63) is 178 Å². The molecule has 1 saturated carbocycles. The number of nitrogens with zero attached hydrogens (tertiary/aromatic N) is 3. The van der Waals surface area contributed by atoms with E-state index in [9.17, 15) is 0 Å². The molecule has 1 aromatic heterocycles. The Labute approximate surface area is 464 Å². The second-order valence-corrected chi connectivity index (χ2v) is 29.9. The smallest absolute Gasteiger partial charge is 0.264 e. The molecule has 0 amide bonds. The number of hydrogen-bond acceptors (Lipinski definition) is 4. The van der Waals surface area contributed by atoms with Crippen LogP contribution in [0.3, 0.4) is 0 Å².